The third-order valence-corrected chi connectivity index (χ3v) is 3.80. The van der Waals surface area contributed by atoms with E-state index in [2.05, 4.69) is 4.98 Å². The van der Waals surface area contributed by atoms with Crippen LogP contribution in [0.1, 0.15) is 16.7 Å². The summed E-state index contributed by atoms with van der Waals surface area (Å²) in [4.78, 5) is 4.04. The van der Waals surface area contributed by atoms with Crippen molar-refractivity contribution in [3.05, 3.63) is 77.4 Å². The predicted octanol–water partition coefficient (Wildman–Crippen LogP) is 6.45. The summed E-state index contributed by atoms with van der Waals surface area (Å²) in [5.74, 6) is -0.409. The van der Waals surface area contributed by atoms with E-state index in [1.807, 2.05) is 6.07 Å². The van der Waals surface area contributed by atoms with Crippen LogP contribution < -0.4 is 4.74 Å². The Morgan fingerprint density at radius 2 is 1.41 bits per heavy atom. The molecular formula is C20H10F6N2O. The molecule has 0 spiro atoms. The van der Waals surface area contributed by atoms with Gasteiger partial charge >= 0.3 is 12.4 Å². The quantitative estimate of drug-likeness (QED) is 0.468. The molecule has 0 saturated carbocycles. The minimum absolute atomic E-state index is 0.0112. The molecule has 0 unspecified atom stereocenters. The highest BCUT2D eigenvalue weighted by Gasteiger charge is 2.31. The molecular weight excluding hydrogens is 398 g/mol. The lowest BCUT2D eigenvalue weighted by Crippen LogP contribution is -2.05. The summed E-state index contributed by atoms with van der Waals surface area (Å²) in [7, 11) is 0. The second-order valence-corrected chi connectivity index (χ2v) is 5.90. The van der Waals surface area contributed by atoms with E-state index in [0.29, 0.717) is 0 Å². The van der Waals surface area contributed by atoms with Crippen LogP contribution >= 0.6 is 0 Å². The summed E-state index contributed by atoms with van der Waals surface area (Å²) in [6, 6.07) is 12.6. The van der Waals surface area contributed by atoms with Crippen molar-refractivity contribution in [1.29, 1.82) is 5.26 Å². The minimum atomic E-state index is -4.58. The number of benzene rings is 2. The average Bonchev–Trinajstić information content (AvgIpc) is 2.66. The molecule has 0 bridgehead atoms. The molecule has 148 valence electrons. The van der Waals surface area contributed by atoms with Crippen molar-refractivity contribution < 1.29 is 31.1 Å². The third-order valence-electron chi connectivity index (χ3n) is 3.80. The number of nitrogens with zero attached hydrogens (tertiary/aromatic N) is 2. The van der Waals surface area contributed by atoms with Crippen LogP contribution in [-0.4, -0.2) is 4.98 Å². The average molecular weight is 408 g/mol. The van der Waals surface area contributed by atoms with Crippen LogP contribution in [-0.2, 0) is 12.4 Å². The number of hydrogen-bond acceptors (Lipinski definition) is 3. The Morgan fingerprint density at radius 1 is 0.793 bits per heavy atom. The van der Waals surface area contributed by atoms with Gasteiger partial charge in [0.05, 0.1) is 28.5 Å². The maximum atomic E-state index is 12.9. The Balaban J connectivity index is 2.00. The van der Waals surface area contributed by atoms with Crippen LogP contribution in [0, 0.1) is 11.3 Å². The van der Waals surface area contributed by atoms with Crippen LogP contribution in [0.25, 0.3) is 11.3 Å². The Kier molecular flexibility index (Phi) is 5.20. The number of rotatable bonds is 3. The van der Waals surface area contributed by atoms with E-state index in [1.165, 1.54) is 30.3 Å². The second-order valence-electron chi connectivity index (χ2n) is 5.90. The van der Waals surface area contributed by atoms with Gasteiger partial charge < -0.3 is 4.74 Å². The molecule has 0 aliphatic carbocycles. The number of halogens is 6. The highest BCUT2D eigenvalue weighted by Crippen LogP contribution is 2.34. The summed E-state index contributed by atoms with van der Waals surface area (Å²) in [5, 5.41) is 9.17. The first-order chi connectivity index (χ1) is 13.6. The van der Waals surface area contributed by atoms with Crippen molar-refractivity contribution in [3.63, 3.8) is 0 Å². The van der Waals surface area contributed by atoms with Crippen molar-refractivity contribution in [2.24, 2.45) is 0 Å². The van der Waals surface area contributed by atoms with Crippen molar-refractivity contribution in [1.82, 2.24) is 4.98 Å². The third kappa shape index (κ3) is 4.85. The van der Waals surface area contributed by atoms with Gasteiger partial charge in [0.2, 0.25) is 5.88 Å². The topological polar surface area (TPSA) is 45.9 Å². The lowest BCUT2D eigenvalue weighted by atomic mass is 10.1. The molecule has 3 rings (SSSR count). The summed E-state index contributed by atoms with van der Waals surface area (Å²) < 4.78 is 82.7. The zero-order valence-electron chi connectivity index (χ0n) is 14.3. The number of ether oxygens (including phenoxy) is 1. The minimum Gasteiger partial charge on any atom is -0.439 e. The Hall–Kier alpha value is -3.54. The highest BCUT2D eigenvalue weighted by atomic mass is 19.4. The summed E-state index contributed by atoms with van der Waals surface area (Å²) in [5.41, 5.74) is -1.73. The number of nitriles is 1. The number of pyridine rings is 1. The molecule has 3 nitrogen and oxygen atoms in total. The van der Waals surface area contributed by atoms with Gasteiger partial charge in [-0.25, -0.2) is 4.98 Å². The molecule has 1 aromatic heterocycles. The molecule has 0 fully saturated rings. The molecule has 9 heteroatoms. The zero-order chi connectivity index (χ0) is 21.2. The van der Waals surface area contributed by atoms with E-state index in [9.17, 15) is 31.6 Å². The van der Waals surface area contributed by atoms with Crippen molar-refractivity contribution in [2.75, 3.05) is 0 Å². The Bertz CT molecular complexity index is 1080. The van der Waals surface area contributed by atoms with Gasteiger partial charge in [0.25, 0.3) is 0 Å². The first kappa shape index (κ1) is 20.2. The first-order valence-electron chi connectivity index (χ1n) is 8.01. The predicted molar refractivity (Wildman–Crippen MR) is 90.9 cm³/mol. The fourth-order valence-corrected chi connectivity index (χ4v) is 2.48. The van der Waals surface area contributed by atoms with Gasteiger partial charge in [-0.3, -0.25) is 0 Å². The summed E-state index contributed by atoms with van der Waals surface area (Å²) >= 11 is 0. The largest absolute Gasteiger partial charge is 0.439 e. The molecule has 0 saturated heterocycles. The fourth-order valence-electron chi connectivity index (χ4n) is 2.48. The first-order valence-corrected chi connectivity index (χ1v) is 8.01. The van der Waals surface area contributed by atoms with Crippen LogP contribution in [0.4, 0.5) is 26.3 Å². The molecule has 3 aromatic rings. The van der Waals surface area contributed by atoms with Gasteiger partial charge in [-0.05, 0) is 36.4 Å². The maximum absolute atomic E-state index is 12.9. The molecule has 29 heavy (non-hydrogen) atoms. The summed E-state index contributed by atoms with van der Waals surface area (Å²) in [6.07, 6.45) is -9.15. The van der Waals surface area contributed by atoms with Gasteiger partial charge in [-0.15, -0.1) is 0 Å². The van der Waals surface area contributed by atoms with E-state index in [-0.39, 0.29) is 28.5 Å². The second kappa shape index (κ2) is 7.47. The monoisotopic (exact) mass is 408 g/mol. The van der Waals surface area contributed by atoms with E-state index in [1.54, 1.807) is 0 Å². The SMILES string of the molecule is N#Cc1cc(Oc2cccc(C(F)(F)F)c2)nc(-c2cccc(C(F)(F)F)c2)c1. The van der Waals surface area contributed by atoms with Crippen LogP contribution in [0.5, 0.6) is 11.6 Å². The maximum Gasteiger partial charge on any atom is 0.416 e. The Morgan fingerprint density at radius 3 is 2.03 bits per heavy atom. The molecule has 1 heterocycles. The molecule has 0 amide bonds. The van der Waals surface area contributed by atoms with Crippen molar-refractivity contribution in [2.45, 2.75) is 12.4 Å². The Labute approximate surface area is 160 Å². The summed E-state index contributed by atoms with van der Waals surface area (Å²) in [6.45, 7) is 0. The number of aromatic nitrogens is 1. The lowest BCUT2D eigenvalue weighted by Gasteiger charge is -2.12. The standard InChI is InChI=1S/C20H10F6N2O/c21-19(22,23)14-4-1-3-13(9-14)17-7-12(11-27)8-18(28-17)29-16-6-2-5-15(10-16)20(24,25)26/h1-10H. The van der Waals surface area contributed by atoms with E-state index >= 15 is 0 Å². The molecule has 0 N–H and O–H groups in total. The molecule has 0 aliphatic heterocycles. The molecule has 0 aliphatic rings. The molecule has 0 atom stereocenters. The van der Waals surface area contributed by atoms with E-state index in [4.69, 9.17) is 4.74 Å². The van der Waals surface area contributed by atoms with Gasteiger partial charge in [-0.1, -0.05) is 18.2 Å². The van der Waals surface area contributed by atoms with E-state index < -0.39 is 23.5 Å². The van der Waals surface area contributed by atoms with Crippen LogP contribution in [0.15, 0.2) is 60.7 Å². The van der Waals surface area contributed by atoms with E-state index in [0.717, 1.165) is 30.3 Å². The lowest BCUT2D eigenvalue weighted by molar-refractivity contribution is -0.138. The van der Waals surface area contributed by atoms with Gasteiger partial charge in [-0.2, -0.15) is 31.6 Å². The van der Waals surface area contributed by atoms with Crippen molar-refractivity contribution in [3.8, 4) is 29.0 Å². The van der Waals surface area contributed by atoms with Gasteiger partial charge in [0, 0.05) is 11.6 Å². The number of alkyl halides is 6. The fraction of sp³-hybridized carbons (Fsp3) is 0.100. The normalized spacial score (nSPS) is 11.8. The van der Waals surface area contributed by atoms with Gasteiger partial charge in [0.1, 0.15) is 5.75 Å². The van der Waals surface area contributed by atoms with Gasteiger partial charge in [0.15, 0.2) is 0 Å². The zero-order valence-corrected chi connectivity index (χ0v) is 14.3. The highest BCUT2D eigenvalue weighted by molar-refractivity contribution is 5.63. The molecule has 0 radical (unpaired) electrons. The number of hydrogen-bond donors (Lipinski definition) is 0. The van der Waals surface area contributed by atoms with Crippen molar-refractivity contribution >= 4 is 0 Å². The molecule has 2 aromatic carbocycles. The smallest absolute Gasteiger partial charge is 0.416 e. The van der Waals surface area contributed by atoms with Crippen LogP contribution in [0.3, 0.4) is 0 Å². The van der Waals surface area contributed by atoms with Crippen LogP contribution in [0.2, 0.25) is 0 Å².